The number of carbonyl (C=O) groups excluding carboxylic acids is 1. The Labute approximate surface area is 144 Å². The van der Waals surface area contributed by atoms with E-state index in [4.69, 9.17) is 0 Å². The van der Waals surface area contributed by atoms with Crippen LogP contribution in [0, 0.1) is 13.8 Å². The highest BCUT2D eigenvalue weighted by atomic mass is 16.1. The van der Waals surface area contributed by atoms with Crippen LogP contribution in [0.3, 0.4) is 0 Å². The number of nitrogens with one attached hydrogen (secondary N) is 2. The van der Waals surface area contributed by atoms with Crippen molar-refractivity contribution in [1.82, 2.24) is 15.2 Å². The average Bonchev–Trinajstić information content (AvgIpc) is 2.54. The number of aromatic nitrogens is 1. The zero-order valence-electron chi connectivity index (χ0n) is 14.9. The average molecular weight is 326 g/mol. The molecule has 0 unspecified atom stereocenters. The molecule has 2 N–H and O–H groups in total. The van der Waals surface area contributed by atoms with Crippen LogP contribution < -0.4 is 10.6 Å². The van der Waals surface area contributed by atoms with E-state index in [-0.39, 0.29) is 5.91 Å². The highest BCUT2D eigenvalue weighted by Gasteiger charge is 2.08. The van der Waals surface area contributed by atoms with Crippen LogP contribution in [0.1, 0.15) is 28.0 Å². The maximum Gasteiger partial charge on any atom is 0.269 e. The maximum atomic E-state index is 12.2. The van der Waals surface area contributed by atoms with E-state index in [1.807, 2.05) is 26.2 Å². The van der Waals surface area contributed by atoms with Gasteiger partial charge in [-0.3, -0.25) is 9.78 Å². The van der Waals surface area contributed by atoms with E-state index in [0.29, 0.717) is 12.2 Å². The number of hydrogen-bond donors (Lipinski definition) is 2. The van der Waals surface area contributed by atoms with Gasteiger partial charge in [-0.15, -0.1) is 0 Å². The van der Waals surface area contributed by atoms with E-state index in [2.05, 4.69) is 46.5 Å². The van der Waals surface area contributed by atoms with Crippen molar-refractivity contribution in [2.24, 2.45) is 0 Å². The third kappa shape index (κ3) is 5.35. The van der Waals surface area contributed by atoms with Crippen molar-refractivity contribution < 1.29 is 4.79 Å². The Bertz CT molecular complexity index is 698. The molecule has 1 amide bonds. The lowest BCUT2D eigenvalue weighted by Crippen LogP contribution is -2.27. The first-order chi connectivity index (χ1) is 11.5. The molecule has 0 radical (unpaired) electrons. The summed E-state index contributed by atoms with van der Waals surface area (Å²) in [5, 5.41) is 6.26. The number of hydrogen-bond acceptors (Lipinski definition) is 4. The smallest absolute Gasteiger partial charge is 0.269 e. The molecule has 1 heterocycles. The van der Waals surface area contributed by atoms with Gasteiger partial charge in [-0.1, -0.05) is 17.7 Å². The van der Waals surface area contributed by atoms with Crippen LogP contribution in [-0.2, 0) is 0 Å². The summed E-state index contributed by atoms with van der Waals surface area (Å²) in [6.45, 7) is 5.73. The first-order valence-electron chi connectivity index (χ1n) is 8.19. The zero-order chi connectivity index (χ0) is 17.5. The Morgan fingerprint density at radius 1 is 1.17 bits per heavy atom. The molecule has 0 saturated carbocycles. The van der Waals surface area contributed by atoms with E-state index >= 15 is 0 Å². The molecule has 24 heavy (non-hydrogen) atoms. The first-order valence-corrected chi connectivity index (χ1v) is 8.19. The van der Waals surface area contributed by atoms with Crippen LogP contribution >= 0.6 is 0 Å². The zero-order valence-corrected chi connectivity index (χ0v) is 14.9. The van der Waals surface area contributed by atoms with E-state index < -0.39 is 0 Å². The van der Waals surface area contributed by atoms with Gasteiger partial charge in [0.1, 0.15) is 5.69 Å². The van der Waals surface area contributed by atoms with E-state index in [9.17, 15) is 4.79 Å². The van der Waals surface area contributed by atoms with E-state index in [0.717, 1.165) is 24.3 Å². The Morgan fingerprint density at radius 2 is 1.96 bits per heavy atom. The number of rotatable bonds is 7. The molecule has 0 aliphatic heterocycles. The van der Waals surface area contributed by atoms with Gasteiger partial charge in [-0.2, -0.15) is 0 Å². The SMILES string of the molecule is Cc1ccc(Nc2ccnc(C(=O)NCCCN(C)C)c2)c(C)c1. The summed E-state index contributed by atoms with van der Waals surface area (Å²) in [5.74, 6) is -0.141. The van der Waals surface area contributed by atoms with Crippen LogP contribution in [0.2, 0.25) is 0 Å². The fraction of sp³-hybridized carbons (Fsp3) is 0.368. The Hall–Kier alpha value is -2.40. The van der Waals surface area contributed by atoms with Crippen molar-refractivity contribution >= 4 is 17.3 Å². The van der Waals surface area contributed by atoms with Gasteiger partial charge < -0.3 is 15.5 Å². The molecule has 2 aromatic rings. The maximum absolute atomic E-state index is 12.2. The summed E-state index contributed by atoms with van der Waals surface area (Å²) in [5.41, 5.74) is 4.71. The Balaban J connectivity index is 1.99. The number of aryl methyl sites for hydroxylation is 2. The summed E-state index contributed by atoms with van der Waals surface area (Å²) in [7, 11) is 4.04. The second kappa shape index (κ2) is 8.45. The van der Waals surface area contributed by atoms with Gasteiger partial charge in [0.25, 0.3) is 5.91 Å². The van der Waals surface area contributed by atoms with Crippen molar-refractivity contribution in [3.8, 4) is 0 Å². The van der Waals surface area contributed by atoms with Crippen molar-refractivity contribution in [1.29, 1.82) is 0 Å². The molecule has 5 heteroatoms. The first kappa shape index (κ1) is 17.9. The number of benzene rings is 1. The fourth-order valence-corrected chi connectivity index (χ4v) is 2.43. The van der Waals surface area contributed by atoms with E-state index in [1.165, 1.54) is 11.1 Å². The molecule has 0 bridgehead atoms. The van der Waals surface area contributed by atoms with Crippen molar-refractivity contribution in [2.75, 3.05) is 32.5 Å². The normalized spacial score (nSPS) is 10.7. The van der Waals surface area contributed by atoms with Crippen molar-refractivity contribution in [2.45, 2.75) is 20.3 Å². The molecule has 2 rings (SSSR count). The minimum absolute atomic E-state index is 0.141. The molecule has 0 aliphatic rings. The van der Waals surface area contributed by atoms with Crippen molar-refractivity contribution in [3.63, 3.8) is 0 Å². The van der Waals surface area contributed by atoms with Gasteiger partial charge in [-0.25, -0.2) is 0 Å². The molecule has 0 saturated heterocycles. The van der Waals surface area contributed by atoms with Gasteiger partial charge in [0, 0.05) is 24.1 Å². The van der Waals surface area contributed by atoms with Crippen LogP contribution in [0.5, 0.6) is 0 Å². The predicted molar refractivity (Wildman–Crippen MR) is 98.9 cm³/mol. The van der Waals surface area contributed by atoms with Crippen molar-refractivity contribution in [3.05, 3.63) is 53.3 Å². The number of carbonyl (C=O) groups is 1. The Morgan fingerprint density at radius 3 is 2.67 bits per heavy atom. The lowest BCUT2D eigenvalue weighted by atomic mass is 10.1. The molecular weight excluding hydrogens is 300 g/mol. The number of nitrogens with zero attached hydrogens (tertiary/aromatic N) is 2. The van der Waals surface area contributed by atoms with Gasteiger partial charge in [0.2, 0.25) is 0 Å². The quantitative estimate of drug-likeness (QED) is 0.768. The highest BCUT2D eigenvalue weighted by Crippen LogP contribution is 2.21. The number of pyridine rings is 1. The standard InChI is InChI=1S/C19H26N4O/c1-14-6-7-17(15(2)12-14)22-16-8-10-20-18(13-16)19(24)21-9-5-11-23(3)4/h6-8,10,12-13H,5,9,11H2,1-4H3,(H,20,22)(H,21,24). The summed E-state index contributed by atoms with van der Waals surface area (Å²) < 4.78 is 0. The molecule has 0 atom stereocenters. The molecule has 5 nitrogen and oxygen atoms in total. The Kier molecular flexibility index (Phi) is 6.32. The monoisotopic (exact) mass is 326 g/mol. The highest BCUT2D eigenvalue weighted by molar-refractivity contribution is 5.93. The van der Waals surface area contributed by atoms with Crippen LogP contribution in [0.25, 0.3) is 0 Å². The summed E-state index contributed by atoms with van der Waals surface area (Å²) in [6.07, 6.45) is 2.57. The molecule has 1 aromatic carbocycles. The molecule has 128 valence electrons. The molecule has 0 aliphatic carbocycles. The van der Waals surface area contributed by atoms with Gasteiger partial charge in [0.15, 0.2) is 0 Å². The number of anilines is 2. The third-order valence-corrected chi connectivity index (χ3v) is 3.72. The minimum atomic E-state index is -0.141. The van der Waals surface area contributed by atoms with Gasteiger partial charge in [0.05, 0.1) is 0 Å². The van der Waals surface area contributed by atoms with E-state index in [1.54, 1.807) is 12.3 Å². The van der Waals surface area contributed by atoms with Gasteiger partial charge in [-0.05, 0) is 64.7 Å². The topological polar surface area (TPSA) is 57.3 Å². The predicted octanol–water partition coefficient (Wildman–Crippen LogP) is 3.12. The minimum Gasteiger partial charge on any atom is -0.355 e. The second-order valence-corrected chi connectivity index (χ2v) is 6.29. The third-order valence-electron chi connectivity index (χ3n) is 3.72. The summed E-state index contributed by atoms with van der Waals surface area (Å²) in [4.78, 5) is 18.5. The van der Waals surface area contributed by atoms with Gasteiger partial charge >= 0.3 is 0 Å². The summed E-state index contributed by atoms with van der Waals surface area (Å²) >= 11 is 0. The molecule has 0 fully saturated rings. The fourth-order valence-electron chi connectivity index (χ4n) is 2.43. The largest absolute Gasteiger partial charge is 0.355 e. The van der Waals surface area contributed by atoms with Crippen LogP contribution in [0.4, 0.5) is 11.4 Å². The van der Waals surface area contributed by atoms with Crippen LogP contribution in [-0.4, -0.2) is 43.0 Å². The second-order valence-electron chi connectivity index (χ2n) is 6.29. The lowest BCUT2D eigenvalue weighted by molar-refractivity contribution is 0.0947. The lowest BCUT2D eigenvalue weighted by Gasteiger charge is -2.12. The summed E-state index contributed by atoms with van der Waals surface area (Å²) in [6, 6.07) is 9.88. The molecular formula is C19H26N4O. The molecule has 0 spiro atoms. The molecule has 1 aromatic heterocycles. The van der Waals surface area contributed by atoms with Crippen LogP contribution in [0.15, 0.2) is 36.5 Å². The number of amides is 1.